The van der Waals surface area contributed by atoms with Crippen molar-refractivity contribution in [1.29, 1.82) is 0 Å². The van der Waals surface area contributed by atoms with E-state index in [-0.39, 0.29) is 0 Å². The topological polar surface area (TPSA) is 38.0 Å². The van der Waals surface area contributed by atoms with Crippen LogP contribution in [0.2, 0.25) is 0 Å². The molecule has 0 atom stereocenters. The van der Waals surface area contributed by atoms with Crippen LogP contribution in [0.1, 0.15) is 6.42 Å². The van der Waals surface area contributed by atoms with Gasteiger partial charge in [-0.1, -0.05) is 6.07 Å². The van der Waals surface area contributed by atoms with E-state index < -0.39 is 0 Å². The Labute approximate surface area is 94.2 Å². The lowest BCUT2D eigenvalue weighted by Crippen LogP contribution is -2.10. The summed E-state index contributed by atoms with van der Waals surface area (Å²) in [4.78, 5) is 2.56. The summed E-state index contributed by atoms with van der Waals surface area (Å²) in [5, 5.41) is 0. The minimum atomic E-state index is 0.748. The van der Waals surface area contributed by atoms with Gasteiger partial charge in [-0.2, -0.15) is 0 Å². The Morgan fingerprint density at radius 2 is 2.14 bits per heavy atom. The van der Waals surface area contributed by atoms with Crippen molar-refractivity contribution in [3.05, 3.63) is 24.3 Å². The maximum Gasteiger partial charge on any atom is 0.0239 e. The van der Waals surface area contributed by atoms with E-state index in [9.17, 15) is 0 Å². The minimum absolute atomic E-state index is 0.748. The minimum Gasteiger partial charge on any atom is -0.330 e. The largest absolute Gasteiger partial charge is 0.330 e. The van der Waals surface area contributed by atoms with Gasteiger partial charge in [0.1, 0.15) is 0 Å². The highest BCUT2D eigenvalue weighted by Crippen LogP contribution is 2.21. The molecule has 0 fully saturated rings. The first-order chi connectivity index (χ1) is 6.86. The Morgan fingerprint density at radius 1 is 1.36 bits per heavy atom. The van der Waals surface area contributed by atoms with Crippen LogP contribution in [0.3, 0.4) is 0 Å². The van der Waals surface area contributed by atoms with Crippen molar-refractivity contribution < 1.29 is 0 Å². The summed E-state index contributed by atoms with van der Waals surface area (Å²) in [5.41, 5.74) is 5.40. The summed E-state index contributed by atoms with van der Waals surface area (Å²) in [5.74, 6) is 0. The number of benzene rings is 1. The first-order valence-electron chi connectivity index (χ1n) is 4.60. The van der Waals surface area contributed by atoms with Crippen LogP contribution in [0, 0.1) is 0 Å². The van der Waals surface area contributed by atoms with E-state index in [0.717, 1.165) is 19.5 Å². The van der Waals surface area contributed by atoms with Crippen LogP contribution in [-0.2, 0) is 0 Å². The molecule has 2 nitrogen and oxygen atoms in total. The lowest BCUT2D eigenvalue weighted by atomic mass is 10.4. The molecule has 0 saturated carbocycles. The van der Waals surface area contributed by atoms with Crippen molar-refractivity contribution in [1.82, 2.24) is 4.72 Å². The summed E-state index contributed by atoms with van der Waals surface area (Å²) in [6.45, 7) is 1.71. The Morgan fingerprint density at radius 3 is 2.86 bits per heavy atom. The van der Waals surface area contributed by atoms with E-state index in [1.54, 1.807) is 23.7 Å². The molecule has 78 valence electrons. The van der Waals surface area contributed by atoms with E-state index in [4.69, 9.17) is 5.73 Å². The SMILES string of the molecule is CSc1cccc(SNCCCN)c1. The molecule has 0 aromatic heterocycles. The van der Waals surface area contributed by atoms with Crippen LogP contribution < -0.4 is 10.5 Å². The first kappa shape index (κ1) is 11.9. The van der Waals surface area contributed by atoms with Gasteiger partial charge in [-0.25, -0.2) is 0 Å². The molecule has 0 spiro atoms. The Kier molecular flexibility index (Phi) is 6.10. The first-order valence-corrected chi connectivity index (χ1v) is 6.65. The zero-order chi connectivity index (χ0) is 10.2. The summed E-state index contributed by atoms with van der Waals surface area (Å²) < 4.78 is 3.28. The molecular weight excluding hydrogens is 212 g/mol. The van der Waals surface area contributed by atoms with E-state index in [2.05, 4.69) is 35.2 Å². The van der Waals surface area contributed by atoms with Gasteiger partial charge in [0.2, 0.25) is 0 Å². The van der Waals surface area contributed by atoms with Gasteiger partial charge in [0.25, 0.3) is 0 Å². The fraction of sp³-hybridized carbons (Fsp3) is 0.400. The second kappa shape index (κ2) is 7.17. The van der Waals surface area contributed by atoms with Crippen molar-refractivity contribution in [3.63, 3.8) is 0 Å². The standard InChI is InChI=1S/C10H16N2S2/c1-13-9-4-2-5-10(8-9)14-12-7-3-6-11/h2,4-5,8,12H,3,6-7,11H2,1H3. The van der Waals surface area contributed by atoms with Gasteiger partial charge in [-0.3, -0.25) is 4.72 Å². The van der Waals surface area contributed by atoms with Gasteiger partial charge in [0.15, 0.2) is 0 Å². The second-order valence-corrected chi connectivity index (χ2v) is 4.66. The van der Waals surface area contributed by atoms with E-state index >= 15 is 0 Å². The van der Waals surface area contributed by atoms with Gasteiger partial charge >= 0.3 is 0 Å². The van der Waals surface area contributed by atoms with Gasteiger partial charge in [-0.15, -0.1) is 11.8 Å². The van der Waals surface area contributed by atoms with Crippen LogP contribution in [0.5, 0.6) is 0 Å². The molecule has 1 aromatic rings. The Hall–Kier alpha value is -0.160. The molecule has 0 unspecified atom stereocenters. The highest BCUT2D eigenvalue weighted by Gasteiger charge is 1.95. The molecule has 4 heteroatoms. The number of hydrogen-bond donors (Lipinski definition) is 2. The van der Waals surface area contributed by atoms with Gasteiger partial charge in [-0.05, 0) is 49.4 Å². The van der Waals surface area contributed by atoms with Crippen molar-refractivity contribution in [2.75, 3.05) is 19.3 Å². The summed E-state index contributed by atoms with van der Waals surface area (Å²) >= 11 is 3.44. The fourth-order valence-electron chi connectivity index (χ4n) is 0.973. The maximum absolute atomic E-state index is 5.40. The van der Waals surface area contributed by atoms with Gasteiger partial charge < -0.3 is 5.73 Å². The van der Waals surface area contributed by atoms with Crippen molar-refractivity contribution >= 4 is 23.7 Å². The lowest BCUT2D eigenvalue weighted by molar-refractivity contribution is 0.808. The number of thioether (sulfide) groups is 1. The van der Waals surface area contributed by atoms with Gasteiger partial charge in [0, 0.05) is 16.3 Å². The molecule has 1 rings (SSSR count). The van der Waals surface area contributed by atoms with Crippen molar-refractivity contribution in [2.45, 2.75) is 16.2 Å². The number of rotatable bonds is 6. The highest BCUT2D eigenvalue weighted by atomic mass is 32.2. The summed E-state index contributed by atoms with van der Waals surface area (Å²) in [6, 6.07) is 8.50. The zero-order valence-electron chi connectivity index (χ0n) is 8.32. The molecule has 0 radical (unpaired) electrons. The third-order valence-electron chi connectivity index (χ3n) is 1.71. The Bertz CT molecular complexity index is 266. The maximum atomic E-state index is 5.40. The fourth-order valence-corrected chi connectivity index (χ4v) is 2.25. The quantitative estimate of drug-likeness (QED) is 0.445. The van der Waals surface area contributed by atoms with Crippen molar-refractivity contribution in [2.24, 2.45) is 5.73 Å². The number of nitrogens with one attached hydrogen (secondary N) is 1. The third kappa shape index (κ3) is 4.37. The van der Waals surface area contributed by atoms with Gasteiger partial charge in [0.05, 0.1) is 0 Å². The molecule has 0 bridgehead atoms. The molecular formula is C10H16N2S2. The number of hydrogen-bond acceptors (Lipinski definition) is 4. The molecule has 1 aromatic carbocycles. The Balaban J connectivity index is 2.34. The lowest BCUT2D eigenvalue weighted by Gasteiger charge is -2.04. The van der Waals surface area contributed by atoms with E-state index in [0.29, 0.717) is 0 Å². The average molecular weight is 228 g/mol. The summed E-state index contributed by atoms with van der Waals surface area (Å²) in [6.07, 6.45) is 3.11. The predicted molar refractivity (Wildman–Crippen MR) is 65.8 cm³/mol. The summed E-state index contributed by atoms with van der Waals surface area (Å²) in [7, 11) is 0. The molecule has 0 saturated heterocycles. The zero-order valence-corrected chi connectivity index (χ0v) is 9.96. The predicted octanol–water partition coefficient (Wildman–Crippen LogP) is 2.35. The average Bonchev–Trinajstić information content (AvgIpc) is 2.25. The molecule has 0 heterocycles. The molecule has 0 aliphatic heterocycles. The van der Waals surface area contributed by atoms with Crippen LogP contribution in [0.4, 0.5) is 0 Å². The van der Waals surface area contributed by atoms with E-state index in [1.807, 2.05) is 0 Å². The highest BCUT2D eigenvalue weighted by molar-refractivity contribution is 7.99. The molecule has 0 amide bonds. The van der Waals surface area contributed by atoms with Crippen LogP contribution in [0.25, 0.3) is 0 Å². The van der Waals surface area contributed by atoms with E-state index in [1.165, 1.54) is 9.79 Å². The van der Waals surface area contributed by atoms with Crippen LogP contribution >= 0.6 is 23.7 Å². The van der Waals surface area contributed by atoms with Crippen LogP contribution in [-0.4, -0.2) is 19.3 Å². The second-order valence-electron chi connectivity index (χ2n) is 2.82. The van der Waals surface area contributed by atoms with Crippen LogP contribution in [0.15, 0.2) is 34.1 Å². The molecule has 0 aliphatic carbocycles. The monoisotopic (exact) mass is 228 g/mol. The molecule has 14 heavy (non-hydrogen) atoms. The molecule has 0 aliphatic rings. The smallest absolute Gasteiger partial charge is 0.0239 e. The van der Waals surface area contributed by atoms with Crippen molar-refractivity contribution in [3.8, 4) is 0 Å². The molecule has 3 N–H and O–H groups in total. The normalized spacial score (nSPS) is 10.4. The third-order valence-corrected chi connectivity index (χ3v) is 3.28. The number of nitrogens with two attached hydrogens (primary N) is 1.